The van der Waals surface area contributed by atoms with E-state index in [4.69, 9.17) is 0 Å². The minimum absolute atomic E-state index is 0.102. The molecular formula is C9H12F3N3O2S2. The van der Waals surface area contributed by atoms with Crippen molar-refractivity contribution in [2.45, 2.75) is 10.4 Å². The van der Waals surface area contributed by atoms with Crippen LogP contribution in [0.2, 0.25) is 0 Å². The summed E-state index contributed by atoms with van der Waals surface area (Å²) < 4.78 is 61.5. The number of nitrogens with zero attached hydrogens (tertiary/aromatic N) is 1. The number of rotatable bonds is 6. The zero-order valence-corrected chi connectivity index (χ0v) is 11.5. The van der Waals surface area contributed by atoms with Gasteiger partial charge in [-0.05, 0) is 17.8 Å². The molecule has 1 heterocycles. The summed E-state index contributed by atoms with van der Waals surface area (Å²) in [5.41, 5.74) is -4.04. The topological polar surface area (TPSA) is 71.1 Å². The molecule has 10 heteroatoms. The van der Waals surface area contributed by atoms with Crippen molar-refractivity contribution in [1.82, 2.24) is 9.71 Å². The van der Waals surface area contributed by atoms with E-state index in [1.165, 1.54) is 19.3 Å². The van der Waals surface area contributed by atoms with E-state index in [1.807, 2.05) is 0 Å². The van der Waals surface area contributed by atoms with Gasteiger partial charge in [-0.15, -0.1) is 0 Å². The molecule has 0 amide bonds. The maximum atomic E-state index is 11.9. The minimum Gasteiger partial charge on any atom is -0.387 e. The average molecular weight is 315 g/mol. The van der Waals surface area contributed by atoms with E-state index in [9.17, 15) is 21.6 Å². The van der Waals surface area contributed by atoms with Crippen LogP contribution in [0.3, 0.4) is 0 Å². The van der Waals surface area contributed by atoms with Gasteiger partial charge in [0.1, 0.15) is 4.90 Å². The van der Waals surface area contributed by atoms with Crippen LogP contribution in [0.25, 0.3) is 0 Å². The zero-order valence-electron chi connectivity index (χ0n) is 9.86. The standard InChI is InChI=1S/C9H12F3N3O2S2/c1-13-7-2-3-14-6-8(7)19(16,17)15-4-5-18-9(10,11)12/h2-3,6,15H,4-5H2,1H3,(H,13,14). The van der Waals surface area contributed by atoms with Crippen LogP contribution in [0, 0.1) is 0 Å². The van der Waals surface area contributed by atoms with Crippen molar-refractivity contribution in [2.75, 3.05) is 24.7 Å². The number of hydrogen-bond acceptors (Lipinski definition) is 5. The first-order valence-electron chi connectivity index (χ1n) is 5.08. The molecular weight excluding hydrogens is 303 g/mol. The van der Waals surface area contributed by atoms with Crippen LogP contribution in [0.5, 0.6) is 0 Å². The van der Waals surface area contributed by atoms with Gasteiger partial charge >= 0.3 is 5.51 Å². The SMILES string of the molecule is CNc1ccncc1S(=O)(=O)NCCSC(F)(F)F. The van der Waals surface area contributed by atoms with Crippen LogP contribution in [0.4, 0.5) is 18.9 Å². The normalized spacial score (nSPS) is 12.4. The molecule has 0 unspecified atom stereocenters. The molecule has 1 rings (SSSR count). The summed E-state index contributed by atoms with van der Waals surface area (Å²) in [6.45, 7) is -0.315. The van der Waals surface area contributed by atoms with Crippen molar-refractivity contribution >= 4 is 27.5 Å². The number of pyridine rings is 1. The molecule has 0 radical (unpaired) electrons. The third-order valence-electron chi connectivity index (χ3n) is 2.00. The van der Waals surface area contributed by atoms with Gasteiger partial charge in [-0.1, -0.05) is 0 Å². The molecule has 0 aromatic carbocycles. The lowest BCUT2D eigenvalue weighted by atomic mass is 10.4. The highest BCUT2D eigenvalue weighted by atomic mass is 32.2. The monoisotopic (exact) mass is 315 g/mol. The fraction of sp³-hybridized carbons (Fsp3) is 0.444. The minimum atomic E-state index is -4.37. The lowest BCUT2D eigenvalue weighted by Gasteiger charge is -2.10. The summed E-state index contributed by atoms with van der Waals surface area (Å²) in [6.07, 6.45) is 2.54. The fourth-order valence-corrected chi connectivity index (χ4v) is 2.97. The van der Waals surface area contributed by atoms with E-state index < -0.39 is 21.3 Å². The van der Waals surface area contributed by atoms with Gasteiger partial charge in [0.2, 0.25) is 10.0 Å². The smallest absolute Gasteiger partial charge is 0.387 e. The summed E-state index contributed by atoms with van der Waals surface area (Å²) in [5, 5.41) is 2.67. The summed E-state index contributed by atoms with van der Waals surface area (Å²) in [4.78, 5) is 3.58. The Bertz CT molecular complexity index is 520. The molecule has 0 atom stereocenters. The van der Waals surface area contributed by atoms with Crippen molar-refractivity contribution in [1.29, 1.82) is 0 Å². The fourth-order valence-electron chi connectivity index (χ4n) is 1.22. The van der Waals surface area contributed by atoms with Gasteiger partial charge in [-0.3, -0.25) is 4.98 Å². The van der Waals surface area contributed by atoms with Crippen molar-refractivity contribution in [3.8, 4) is 0 Å². The van der Waals surface area contributed by atoms with Crippen LogP contribution >= 0.6 is 11.8 Å². The molecule has 0 bridgehead atoms. The Morgan fingerprint density at radius 2 is 2.11 bits per heavy atom. The molecule has 2 N–H and O–H groups in total. The highest BCUT2D eigenvalue weighted by molar-refractivity contribution is 8.00. The predicted molar refractivity (Wildman–Crippen MR) is 67.5 cm³/mol. The summed E-state index contributed by atoms with van der Waals surface area (Å²) >= 11 is -0.279. The van der Waals surface area contributed by atoms with Gasteiger partial charge in [0, 0.05) is 31.7 Å². The van der Waals surface area contributed by atoms with Crippen LogP contribution in [0.1, 0.15) is 0 Å². The maximum Gasteiger partial charge on any atom is 0.441 e. The first-order valence-corrected chi connectivity index (χ1v) is 7.55. The Morgan fingerprint density at radius 1 is 1.42 bits per heavy atom. The maximum absolute atomic E-state index is 11.9. The predicted octanol–water partition coefficient (Wildman–Crippen LogP) is 1.65. The first-order chi connectivity index (χ1) is 8.76. The molecule has 0 aliphatic heterocycles. The van der Waals surface area contributed by atoms with Gasteiger partial charge in [0.15, 0.2) is 0 Å². The van der Waals surface area contributed by atoms with Crippen molar-refractivity contribution < 1.29 is 21.6 Å². The molecule has 108 valence electrons. The number of nitrogens with one attached hydrogen (secondary N) is 2. The lowest BCUT2D eigenvalue weighted by molar-refractivity contribution is -0.0327. The molecule has 5 nitrogen and oxygen atoms in total. The number of halogens is 3. The van der Waals surface area contributed by atoms with E-state index in [-0.39, 0.29) is 23.2 Å². The van der Waals surface area contributed by atoms with Gasteiger partial charge in [0.05, 0.1) is 5.69 Å². The Kier molecular flexibility index (Phi) is 5.44. The molecule has 0 saturated carbocycles. The van der Waals surface area contributed by atoms with Crippen molar-refractivity contribution in [2.24, 2.45) is 0 Å². The lowest BCUT2D eigenvalue weighted by Crippen LogP contribution is -2.27. The second-order valence-electron chi connectivity index (χ2n) is 3.31. The van der Waals surface area contributed by atoms with Gasteiger partial charge < -0.3 is 5.32 Å². The Balaban J connectivity index is 2.66. The second-order valence-corrected chi connectivity index (χ2v) is 6.21. The number of hydrogen-bond donors (Lipinski definition) is 2. The quantitative estimate of drug-likeness (QED) is 0.781. The number of thioether (sulfide) groups is 1. The van der Waals surface area contributed by atoms with E-state index in [0.717, 1.165) is 6.20 Å². The van der Waals surface area contributed by atoms with Crippen LogP contribution in [0.15, 0.2) is 23.4 Å². The van der Waals surface area contributed by atoms with E-state index >= 15 is 0 Å². The summed E-state index contributed by atoms with van der Waals surface area (Å²) in [7, 11) is -2.34. The highest BCUT2D eigenvalue weighted by Gasteiger charge is 2.28. The van der Waals surface area contributed by atoms with Gasteiger partial charge in [-0.25, -0.2) is 13.1 Å². The second kappa shape index (κ2) is 6.44. The van der Waals surface area contributed by atoms with Crippen molar-refractivity contribution in [3.63, 3.8) is 0 Å². The van der Waals surface area contributed by atoms with Gasteiger partial charge in [-0.2, -0.15) is 13.2 Å². The number of aromatic nitrogens is 1. The summed E-state index contributed by atoms with van der Waals surface area (Å²) in [6, 6.07) is 1.46. The molecule has 0 aliphatic carbocycles. The highest BCUT2D eigenvalue weighted by Crippen LogP contribution is 2.29. The van der Waals surface area contributed by atoms with E-state index in [2.05, 4.69) is 15.0 Å². The molecule has 0 fully saturated rings. The zero-order chi connectivity index (χ0) is 14.5. The molecule has 0 aliphatic rings. The Hall–Kier alpha value is -1.00. The third-order valence-corrected chi connectivity index (χ3v) is 4.23. The molecule has 19 heavy (non-hydrogen) atoms. The third kappa shape index (κ3) is 5.25. The van der Waals surface area contributed by atoms with Crippen LogP contribution < -0.4 is 10.0 Å². The van der Waals surface area contributed by atoms with Gasteiger partial charge in [0.25, 0.3) is 0 Å². The van der Waals surface area contributed by atoms with Crippen molar-refractivity contribution in [3.05, 3.63) is 18.5 Å². The average Bonchev–Trinajstić information content (AvgIpc) is 2.33. The number of alkyl halides is 3. The van der Waals surface area contributed by atoms with Crippen LogP contribution in [-0.2, 0) is 10.0 Å². The first kappa shape index (κ1) is 16.1. The number of anilines is 1. The van der Waals surface area contributed by atoms with E-state index in [0.29, 0.717) is 5.69 Å². The molecule has 1 aromatic heterocycles. The Morgan fingerprint density at radius 3 is 2.68 bits per heavy atom. The molecule has 0 saturated heterocycles. The van der Waals surface area contributed by atoms with E-state index in [1.54, 1.807) is 0 Å². The van der Waals surface area contributed by atoms with Crippen LogP contribution in [-0.4, -0.2) is 38.3 Å². The Labute approximate surface area is 113 Å². The molecule has 1 aromatic rings. The summed E-state index contributed by atoms with van der Waals surface area (Å²) in [5.74, 6) is -0.391. The largest absolute Gasteiger partial charge is 0.441 e. The number of sulfonamides is 1. The molecule has 0 spiro atoms.